The zero-order valence-electron chi connectivity index (χ0n) is 16.2. The predicted octanol–water partition coefficient (Wildman–Crippen LogP) is 8.17. The zero-order chi connectivity index (χ0) is 21.8. The van der Waals surface area contributed by atoms with Crippen LogP contribution in [0.15, 0.2) is 91.0 Å². The summed E-state index contributed by atoms with van der Waals surface area (Å²) in [5.74, 6) is -0.635. The molecular formula is C25H18ClF2IN2. The van der Waals surface area contributed by atoms with Gasteiger partial charge in [0.2, 0.25) is 0 Å². The van der Waals surface area contributed by atoms with Crippen molar-refractivity contribution in [3.63, 3.8) is 0 Å². The van der Waals surface area contributed by atoms with E-state index in [0.29, 0.717) is 16.3 Å². The second kappa shape index (κ2) is 9.66. The maximum Gasteiger partial charge on any atom is 0.128 e. The molecule has 156 valence electrons. The Balaban J connectivity index is 1.80. The number of nitrogens with one attached hydrogen (secondary N) is 2. The van der Waals surface area contributed by atoms with Crippen molar-refractivity contribution < 1.29 is 8.78 Å². The van der Waals surface area contributed by atoms with Crippen LogP contribution < -0.4 is 10.6 Å². The van der Waals surface area contributed by atoms with Crippen LogP contribution in [0.3, 0.4) is 0 Å². The normalized spacial score (nSPS) is 11.7. The minimum atomic E-state index is -0.511. The van der Waals surface area contributed by atoms with Gasteiger partial charge in [0, 0.05) is 36.8 Å². The molecule has 0 radical (unpaired) electrons. The highest BCUT2D eigenvalue weighted by atomic mass is 127. The van der Waals surface area contributed by atoms with Crippen LogP contribution in [0.4, 0.5) is 25.8 Å². The fourth-order valence-corrected chi connectivity index (χ4v) is 3.86. The summed E-state index contributed by atoms with van der Waals surface area (Å²) in [5, 5.41) is 7.28. The molecule has 0 bridgehead atoms. The van der Waals surface area contributed by atoms with E-state index in [1.54, 1.807) is 36.4 Å². The third-order valence-electron chi connectivity index (χ3n) is 4.82. The Labute approximate surface area is 198 Å². The molecule has 31 heavy (non-hydrogen) atoms. The number of anilines is 3. The molecule has 0 aliphatic rings. The highest BCUT2D eigenvalue weighted by Crippen LogP contribution is 2.36. The topological polar surface area (TPSA) is 24.1 Å². The monoisotopic (exact) mass is 546 g/mol. The van der Waals surface area contributed by atoms with E-state index in [-0.39, 0.29) is 11.6 Å². The van der Waals surface area contributed by atoms with E-state index in [9.17, 15) is 8.78 Å². The molecule has 2 N–H and O–H groups in total. The van der Waals surface area contributed by atoms with Crippen molar-refractivity contribution in [1.82, 2.24) is 0 Å². The third-order valence-corrected chi connectivity index (χ3v) is 5.77. The quantitative estimate of drug-likeness (QED) is 0.238. The maximum atomic E-state index is 14.9. The van der Waals surface area contributed by atoms with E-state index >= 15 is 0 Å². The highest BCUT2D eigenvalue weighted by molar-refractivity contribution is 14.1. The van der Waals surface area contributed by atoms with Crippen molar-refractivity contribution >= 4 is 51.3 Å². The van der Waals surface area contributed by atoms with Crippen molar-refractivity contribution in [2.45, 2.75) is 6.04 Å². The van der Waals surface area contributed by atoms with Crippen LogP contribution in [0.5, 0.6) is 0 Å². The molecular weight excluding hydrogens is 529 g/mol. The second-order valence-electron chi connectivity index (χ2n) is 6.97. The lowest BCUT2D eigenvalue weighted by atomic mass is 9.96. The first-order chi connectivity index (χ1) is 15.0. The molecule has 0 aliphatic heterocycles. The molecule has 0 amide bonds. The minimum Gasteiger partial charge on any atom is -0.374 e. The van der Waals surface area contributed by atoms with E-state index in [4.69, 9.17) is 11.6 Å². The molecule has 0 unspecified atom stereocenters. The first-order valence-corrected chi connectivity index (χ1v) is 11.0. The Kier molecular flexibility index (Phi) is 6.73. The van der Waals surface area contributed by atoms with Gasteiger partial charge in [-0.15, -0.1) is 0 Å². The Morgan fingerprint density at radius 1 is 0.742 bits per heavy atom. The molecule has 6 heteroatoms. The van der Waals surface area contributed by atoms with Crippen molar-refractivity contribution in [3.8, 4) is 0 Å². The standard InChI is InChI=1S/C25H18ClF2IN2/c26-16-5-14-24(30-19-10-6-17(27)7-11-19)22(15-16)25(21-3-1-2-4-23(21)28)31-20-12-8-18(29)9-13-20/h1-15,25,30-31H/t25-/m1/s1. The van der Waals surface area contributed by atoms with Gasteiger partial charge in [0.25, 0.3) is 0 Å². The summed E-state index contributed by atoms with van der Waals surface area (Å²) >= 11 is 8.58. The second-order valence-corrected chi connectivity index (χ2v) is 8.65. The van der Waals surface area contributed by atoms with Gasteiger partial charge in [0.15, 0.2) is 0 Å². The van der Waals surface area contributed by atoms with Crippen molar-refractivity contribution in [2.24, 2.45) is 0 Å². The maximum absolute atomic E-state index is 14.9. The molecule has 4 rings (SSSR count). The van der Waals surface area contributed by atoms with Crippen LogP contribution >= 0.6 is 34.2 Å². The Morgan fingerprint density at radius 3 is 2.13 bits per heavy atom. The minimum absolute atomic E-state index is 0.313. The van der Waals surface area contributed by atoms with Crippen LogP contribution in [-0.4, -0.2) is 0 Å². The van der Waals surface area contributed by atoms with E-state index in [1.165, 1.54) is 18.2 Å². The lowest BCUT2D eigenvalue weighted by molar-refractivity contribution is 0.605. The average molecular weight is 547 g/mol. The van der Waals surface area contributed by atoms with Gasteiger partial charge >= 0.3 is 0 Å². The predicted molar refractivity (Wildman–Crippen MR) is 132 cm³/mol. The molecule has 0 saturated carbocycles. The molecule has 0 saturated heterocycles. The average Bonchev–Trinajstić information content (AvgIpc) is 2.77. The molecule has 4 aromatic carbocycles. The van der Waals surface area contributed by atoms with Gasteiger partial charge in [-0.3, -0.25) is 0 Å². The molecule has 4 aromatic rings. The van der Waals surface area contributed by atoms with Crippen molar-refractivity contribution in [3.05, 3.63) is 122 Å². The summed E-state index contributed by atoms with van der Waals surface area (Å²) in [7, 11) is 0. The molecule has 0 aliphatic carbocycles. The number of hydrogen-bond acceptors (Lipinski definition) is 2. The fourth-order valence-electron chi connectivity index (χ4n) is 3.32. The molecule has 2 nitrogen and oxygen atoms in total. The molecule has 1 atom stereocenters. The summed E-state index contributed by atoms with van der Waals surface area (Å²) in [5.41, 5.74) is 3.56. The van der Waals surface area contributed by atoms with E-state index in [1.807, 2.05) is 36.4 Å². The Hall–Kier alpha value is -2.64. The summed E-state index contributed by atoms with van der Waals surface area (Å²) in [6, 6.07) is 25.5. The van der Waals surface area contributed by atoms with Gasteiger partial charge in [0.1, 0.15) is 11.6 Å². The van der Waals surface area contributed by atoms with Gasteiger partial charge in [-0.25, -0.2) is 8.78 Å². The van der Waals surface area contributed by atoms with E-state index in [2.05, 4.69) is 33.2 Å². The lowest BCUT2D eigenvalue weighted by Crippen LogP contribution is -2.15. The number of halogens is 4. The zero-order valence-corrected chi connectivity index (χ0v) is 19.2. The Bertz CT molecular complexity index is 1180. The number of hydrogen-bond donors (Lipinski definition) is 2. The van der Waals surface area contributed by atoms with Crippen molar-refractivity contribution in [2.75, 3.05) is 10.6 Å². The number of rotatable bonds is 6. The molecule has 0 heterocycles. The van der Waals surface area contributed by atoms with Gasteiger partial charge in [-0.05, 0) is 95.4 Å². The molecule has 0 aromatic heterocycles. The van der Waals surface area contributed by atoms with Crippen LogP contribution in [0, 0.1) is 15.2 Å². The fraction of sp³-hybridized carbons (Fsp3) is 0.0400. The molecule has 0 fully saturated rings. The lowest BCUT2D eigenvalue weighted by Gasteiger charge is -2.25. The van der Waals surface area contributed by atoms with Gasteiger partial charge < -0.3 is 10.6 Å². The van der Waals surface area contributed by atoms with Gasteiger partial charge in [-0.2, -0.15) is 0 Å². The summed E-state index contributed by atoms with van der Waals surface area (Å²) in [6.07, 6.45) is 0. The van der Waals surface area contributed by atoms with E-state index in [0.717, 1.165) is 20.5 Å². The summed E-state index contributed by atoms with van der Waals surface area (Å²) in [6.45, 7) is 0. The van der Waals surface area contributed by atoms with Crippen LogP contribution in [0.25, 0.3) is 0 Å². The van der Waals surface area contributed by atoms with E-state index < -0.39 is 6.04 Å². The highest BCUT2D eigenvalue weighted by Gasteiger charge is 2.21. The molecule has 0 spiro atoms. The van der Waals surface area contributed by atoms with Crippen LogP contribution in [0.2, 0.25) is 5.02 Å². The van der Waals surface area contributed by atoms with Gasteiger partial charge in [0.05, 0.1) is 6.04 Å². The smallest absolute Gasteiger partial charge is 0.128 e. The largest absolute Gasteiger partial charge is 0.374 e. The first kappa shape index (κ1) is 21.6. The summed E-state index contributed by atoms with van der Waals surface area (Å²) in [4.78, 5) is 0. The summed E-state index contributed by atoms with van der Waals surface area (Å²) < 4.78 is 29.3. The Morgan fingerprint density at radius 2 is 1.42 bits per heavy atom. The van der Waals surface area contributed by atoms with Gasteiger partial charge in [-0.1, -0.05) is 29.8 Å². The van der Waals surface area contributed by atoms with Crippen LogP contribution in [0.1, 0.15) is 17.2 Å². The third kappa shape index (κ3) is 5.35. The first-order valence-electron chi connectivity index (χ1n) is 9.58. The SMILES string of the molecule is Fc1ccc(Nc2ccc(Cl)cc2[C@H](Nc2ccc(I)cc2)c2ccccc2F)cc1. The van der Waals surface area contributed by atoms with Crippen molar-refractivity contribution in [1.29, 1.82) is 0 Å². The number of benzene rings is 4. The van der Waals surface area contributed by atoms with Crippen LogP contribution in [-0.2, 0) is 0 Å².